The van der Waals surface area contributed by atoms with Gasteiger partial charge in [-0.25, -0.2) is 4.98 Å². The molecule has 4 nitrogen and oxygen atoms in total. The summed E-state index contributed by atoms with van der Waals surface area (Å²) in [7, 11) is 0. The molecule has 0 unspecified atom stereocenters. The maximum Gasteiger partial charge on any atom is 0.130 e. The number of aryl methyl sites for hydroxylation is 1. The van der Waals surface area contributed by atoms with E-state index in [9.17, 15) is 0 Å². The summed E-state index contributed by atoms with van der Waals surface area (Å²) in [5.41, 5.74) is 9.15. The summed E-state index contributed by atoms with van der Waals surface area (Å²) in [5, 5.41) is 11.8. The van der Waals surface area contributed by atoms with Crippen molar-refractivity contribution in [1.82, 2.24) is 4.98 Å². The summed E-state index contributed by atoms with van der Waals surface area (Å²) < 4.78 is 0. The molecule has 0 amide bonds. The van der Waals surface area contributed by atoms with Gasteiger partial charge >= 0.3 is 0 Å². The minimum absolute atomic E-state index is 0.430. The molecular weight excluding hydrogens is 224 g/mol. The minimum Gasteiger partial charge on any atom is -0.397 e. The molecule has 2 rings (SSSR count). The van der Waals surface area contributed by atoms with Crippen LogP contribution in [-0.4, -0.2) is 4.98 Å². The molecule has 1 aromatic heterocycles. The van der Waals surface area contributed by atoms with Gasteiger partial charge in [-0.15, -0.1) is 0 Å². The topological polar surface area (TPSA) is 74.7 Å². The van der Waals surface area contributed by atoms with Crippen LogP contribution in [0.3, 0.4) is 0 Å². The first-order chi connectivity index (χ1) is 8.69. The quantitative estimate of drug-likeness (QED) is 0.862. The van der Waals surface area contributed by atoms with Crippen LogP contribution in [0.1, 0.15) is 11.3 Å². The molecule has 4 heteroatoms. The maximum absolute atomic E-state index is 8.59. The average Bonchev–Trinajstić information content (AvgIpc) is 2.37. The standard InChI is InChI=1S/C14H14N4/c1-10-13(16)6-7-14(17-10)18-12-4-2-11(3-5-12)8-9-15/h2-7H,8,16H2,1H3,(H,17,18). The third-order valence-corrected chi connectivity index (χ3v) is 2.64. The van der Waals surface area contributed by atoms with E-state index in [1.165, 1.54) is 0 Å². The summed E-state index contributed by atoms with van der Waals surface area (Å²) in [6, 6.07) is 13.5. The highest BCUT2D eigenvalue weighted by Gasteiger charge is 1.99. The van der Waals surface area contributed by atoms with Crippen LogP contribution in [0.2, 0.25) is 0 Å². The number of pyridine rings is 1. The largest absolute Gasteiger partial charge is 0.397 e. The fraction of sp³-hybridized carbons (Fsp3) is 0.143. The van der Waals surface area contributed by atoms with E-state index in [-0.39, 0.29) is 0 Å². The molecule has 0 saturated carbocycles. The van der Waals surface area contributed by atoms with Crippen LogP contribution in [0, 0.1) is 18.3 Å². The highest BCUT2D eigenvalue weighted by atomic mass is 15.0. The first-order valence-corrected chi connectivity index (χ1v) is 5.65. The van der Waals surface area contributed by atoms with Crippen LogP contribution in [0.25, 0.3) is 0 Å². The second-order valence-corrected chi connectivity index (χ2v) is 4.03. The molecule has 1 heterocycles. The van der Waals surface area contributed by atoms with Crippen molar-refractivity contribution in [2.75, 3.05) is 11.1 Å². The Balaban J connectivity index is 2.13. The van der Waals surface area contributed by atoms with E-state index in [0.29, 0.717) is 12.1 Å². The van der Waals surface area contributed by atoms with Crippen LogP contribution in [0.4, 0.5) is 17.2 Å². The van der Waals surface area contributed by atoms with Gasteiger partial charge in [0.05, 0.1) is 23.9 Å². The van der Waals surface area contributed by atoms with Gasteiger partial charge < -0.3 is 11.1 Å². The van der Waals surface area contributed by atoms with Gasteiger partial charge in [0.15, 0.2) is 0 Å². The van der Waals surface area contributed by atoms with Gasteiger partial charge in [-0.3, -0.25) is 0 Å². The SMILES string of the molecule is Cc1nc(Nc2ccc(CC#N)cc2)ccc1N. The molecule has 0 atom stereocenters. The Morgan fingerprint density at radius 3 is 2.56 bits per heavy atom. The smallest absolute Gasteiger partial charge is 0.130 e. The van der Waals surface area contributed by atoms with E-state index in [0.717, 1.165) is 22.8 Å². The molecule has 0 radical (unpaired) electrons. The van der Waals surface area contributed by atoms with Crippen LogP contribution in [0.5, 0.6) is 0 Å². The zero-order valence-electron chi connectivity index (χ0n) is 10.1. The highest BCUT2D eigenvalue weighted by molar-refractivity contribution is 5.59. The maximum atomic E-state index is 8.59. The number of hydrogen-bond acceptors (Lipinski definition) is 4. The van der Waals surface area contributed by atoms with E-state index in [2.05, 4.69) is 16.4 Å². The number of anilines is 3. The number of nitrogens with one attached hydrogen (secondary N) is 1. The number of nitriles is 1. The highest BCUT2D eigenvalue weighted by Crippen LogP contribution is 2.18. The fourth-order valence-electron chi connectivity index (χ4n) is 1.59. The number of rotatable bonds is 3. The van der Waals surface area contributed by atoms with Crippen LogP contribution < -0.4 is 11.1 Å². The molecule has 0 fully saturated rings. The lowest BCUT2D eigenvalue weighted by molar-refractivity contribution is 1.20. The van der Waals surface area contributed by atoms with Crippen molar-refractivity contribution in [3.63, 3.8) is 0 Å². The third kappa shape index (κ3) is 2.77. The predicted molar refractivity (Wildman–Crippen MR) is 72.4 cm³/mol. The number of aromatic nitrogens is 1. The Morgan fingerprint density at radius 1 is 1.22 bits per heavy atom. The second-order valence-electron chi connectivity index (χ2n) is 4.03. The first kappa shape index (κ1) is 11.9. The van der Waals surface area contributed by atoms with Crippen LogP contribution >= 0.6 is 0 Å². The number of nitrogens with zero attached hydrogens (tertiary/aromatic N) is 2. The van der Waals surface area contributed by atoms with E-state index in [4.69, 9.17) is 11.0 Å². The Labute approximate surface area is 106 Å². The molecule has 1 aromatic carbocycles. The lowest BCUT2D eigenvalue weighted by atomic mass is 10.1. The van der Waals surface area contributed by atoms with Gasteiger partial charge in [-0.2, -0.15) is 5.26 Å². The fourth-order valence-corrected chi connectivity index (χ4v) is 1.59. The number of nitrogen functional groups attached to an aromatic ring is 1. The summed E-state index contributed by atoms with van der Waals surface area (Å²) in [4.78, 5) is 4.34. The van der Waals surface area contributed by atoms with Crippen molar-refractivity contribution in [3.8, 4) is 6.07 Å². The van der Waals surface area contributed by atoms with Crippen molar-refractivity contribution < 1.29 is 0 Å². The van der Waals surface area contributed by atoms with Gasteiger partial charge in [0, 0.05) is 5.69 Å². The average molecular weight is 238 g/mol. The normalized spacial score (nSPS) is 9.78. The van der Waals surface area contributed by atoms with E-state index in [1.807, 2.05) is 43.3 Å². The van der Waals surface area contributed by atoms with Crippen molar-refractivity contribution >= 4 is 17.2 Å². The van der Waals surface area contributed by atoms with Crippen molar-refractivity contribution in [2.24, 2.45) is 0 Å². The Kier molecular flexibility index (Phi) is 3.44. The summed E-state index contributed by atoms with van der Waals surface area (Å²) >= 11 is 0. The monoisotopic (exact) mass is 238 g/mol. The Hall–Kier alpha value is -2.54. The van der Waals surface area contributed by atoms with Gasteiger partial charge in [0.2, 0.25) is 0 Å². The number of nitrogens with two attached hydrogens (primary N) is 1. The van der Waals surface area contributed by atoms with Crippen LogP contribution in [-0.2, 0) is 6.42 Å². The summed E-state index contributed by atoms with van der Waals surface area (Å²) in [6.07, 6.45) is 0.430. The molecule has 0 saturated heterocycles. The van der Waals surface area contributed by atoms with Crippen molar-refractivity contribution in [1.29, 1.82) is 5.26 Å². The van der Waals surface area contributed by atoms with Crippen molar-refractivity contribution in [2.45, 2.75) is 13.3 Å². The van der Waals surface area contributed by atoms with Gasteiger partial charge in [0.25, 0.3) is 0 Å². The molecule has 3 N–H and O–H groups in total. The van der Waals surface area contributed by atoms with Crippen molar-refractivity contribution in [3.05, 3.63) is 47.7 Å². The molecule has 0 spiro atoms. The predicted octanol–water partition coefficient (Wildman–Crippen LogP) is 2.78. The summed E-state index contributed by atoms with van der Waals surface area (Å²) in [5.74, 6) is 0.759. The number of benzene rings is 1. The minimum atomic E-state index is 0.430. The first-order valence-electron chi connectivity index (χ1n) is 5.65. The molecule has 0 aliphatic carbocycles. The van der Waals surface area contributed by atoms with E-state index >= 15 is 0 Å². The lowest BCUT2D eigenvalue weighted by Crippen LogP contribution is -1.98. The Morgan fingerprint density at radius 2 is 1.94 bits per heavy atom. The molecular formula is C14H14N4. The number of hydrogen-bond donors (Lipinski definition) is 2. The molecule has 0 bridgehead atoms. The van der Waals surface area contributed by atoms with Crippen LogP contribution in [0.15, 0.2) is 36.4 Å². The van der Waals surface area contributed by atoms with Gasteiger partial charge in [-0.1, -0.05) is 12.1 Å². The van der Waals surface area contributed by atoms with E-state index in [1.54, 1.807) is 0 Å². The molecule has 0 aliphatic heterocycles. The van der Waals surface area contributed by atoms with Gasteiger partial charge in [-0.05, 0) is 36.8 Å². The summed E-state index contributed by atoms with van der Waals surface area (Å²) in [6.45, 7) is 1.87. The van der Waals surface area contributed by atoms with E-state index < -0.39 is 0 Å². The third-order valence-electron chi connectivity index (χ3n) is 2.64. The molecule has 18 heavy (non-hydrogen) atoms. The second kappa shape index (κ2) is 5.19. The zero-order chi connectivity index (χ0) is 13.0. The van der Waals surface area contributed by atoms with Gasteiger partial charge in [0.1, 0.15) is 5.82 Å². The molecule has 0 aliphatic rings. The molecule has 2 aromatic rings. The zero-order valence-corrected chi connectivity index (χ0v) is 10.1. The lowest BCUT2D eigenvalue weighted by Gasteiger charge is -2.07. The molecule has 90 valence electrons. The Bertz CT molecular complexity index is 582.